The summed E-state index contributed by atoms with van der Waals surface area (Å²) in [5.41, 5.74) is 0.516. The first-order valence-electron chi connectivity index (χ1n) is 6.51. The molecule has 2 N–H and O–H groups in total. The normalized spacial score (nSPS) is 11.5. The number of hydrogen-bond acceptors (Lipinski definition) is 4. The van der Waals surface area contributed by atoms with Crippen molar-refractivity contribution in [2.75, 3.05) is 18.5 Å². The van der Waals surface area contributed by atoms with Gasteiger partial charge >= 0.3 is 5.97 Å². The van der Waals surface area contributed by atoms with E-state index in [2.05, 4.69) is 11.9 Å². The Labute approximate surface area is 123 Å². The second-order valence-corrected chi connectivity index (χ2v) is 4.29. The van der Waals surface area contributed by atoms with Crippen LogP contribution in [0.4, 0.5) is 5.69 Å². The van der Waals surface area contributed by atoms with Gasteiger partial charge in [0.1, 0.15) is 11.9 Å². The predicted molar refractivity (Wildman–Crippen MR) is 78.4 cm³/mol. The van der Waals surface area contributed by atoms with Gasteiger partial charge in [0.05, 0.1) is 6.61 Å². The summed E-state index contributed by atoms with van der Waals surface area (Å²) in [5, 5.41) is 11.2. The van der Waals surface area contributed by atoms with Crippen LogP contribution in [0.2, 0.25) is 0 Å². The number of carboxylic acids is 1. The number of carbonyl (C=O) groups excluding carboxylic acids is 1. The van der Waals surface area contributed by atoms with Crippen molar-refractivity contribution in [3.63, 3.8) is 0 Å². The molecule has 0 saturated carbocycles. The first-order chi connectivity index (χ1) is 10.0. The Morgan fingerprint density at radius 3 is 2.90 bits per heavy atom. The molecule has 0 fully saturated rings. The third-order valence-corrected chi connectivity index (χ3v) is 2.52. The molecule has 0 radical (unpaired) electrons. The van der Waals surface area contributed by atoms with Crippen LogP contribution < -0.4 is 10.1 Å². The van der Waals surface area contributed by atoms with E-state index in [9.17, 15) is 9.59 Å². The highest BCUT2D eigenvalue weighted by atomic mass is 16.5. The third-order valence-electron chi connectivity index (χ3n) is 2.52. The summed E-state index contributed by atoms with van der Waals surface area (Å²) in [5.74, 6) is -0.974. The number of nitrogens with one attached hydrogen (secondary N) is 1. The molecule has 0 saturated heterocycles. The number of rotatable bonds is 9. The molecular formula is C15H19NO5. The summed E-state index contributed by atoms with van der Waals surface area (Å²) in [6.07, 6.45) is 1.80. The van der Waals surface area contributed by atoms with Gasteiger partial charge in [0.2, 0.25) is 0 Å². The van der Waals surface area contributed by atoms with Crippen LogP contribution in [0.25, 0.3) is 0 Å². The number of aliphatic carboxylic acids is 1. The Balaban J connectivity index is 2.53. The number of amides is 1. The average Bonchev–Trinajstić information content (AvgIpc) is 2.45. The topological polar surface area (TPSA) is 84.9 Å². The Kier molecular flexibility index (Phi) is 6.97. The molecule has 1 amide bonds. The third kappa shape index (κ3) is 6.58. The molecule has 6 nitrogen and oxygen atoms in total. The highest BCUT2D eigenvalue weighted by molar-refractivity contribution is 5.94. The molecule has 1 atom stereocenters. The molecule has 21 heavy (non-hydrogen) atoms. The first kappa shape index (κ1) is 16.7. The number of benzene rings is 1. The quantitative estimate of drug-likeness (QED) is 0.538. The van der Waals surface area contributed by atoms with E-state index >= 15 is 0 Å². The fourth-order valence-corrected chi connectivity index (χ4v) is 1.46. The van der Waals surface area contributed by atoms with Gasteiger partial charge in [-0.15, -0.1) is 6.58 Å². The molecule has 0 bridgehead atoms. The molecule has 0 aliphatic carbocycles. The van der Waals surface area contributed by atoms with Crippen LogP contribution in [-0.4, -0.2) is 36.3 Å². The Morgan fingerprint density at radius 1 is 1.48 bits per heavy atom. The maximum Gasteiger partial charge on any atom is 0.341 e. The molecule has 114 valence electrons. The van der Waals surface area contributed by atoms with Crippen molar-refractivity contribution >= 4 is 17.6 Å². The molecule has 1 rings (SSSR count). The molecule has 0 heterocycles. The minimum Gasteiger partial charge on any atom is -0.482 e. The van der Waals surface area contributed by atoms with Gasteiger partial charge in [0, 0.05) is 11.8 Å². The van der Waals surface area contributed by atoms with Crippen molar-refractivity contribution in [2.45, 2.75) is 19.4 Å². The lowest BCUT2D eigenvalue weighted by Gasteiger charge is -2.13. The van der Waals surface area contributed by atoms with Crippen LogP contribution in [-0.2, 0) is 14.3 Å². The van der Waals surface area contributed by atoms with Crippen LogP contribution in [0.1, 0.15) is 13.3 Å². The zero-order valence-electron chi connectivity index (χ0n) is 11.9. The van der Waals surface area contributed by atoms with E-state index in [-0.39, 0.29) is 5.91 Å². The molecule has 0 aliphatic rings. The largest absolute Gasteiger partial charge is 0.482 e. The maximum atomic E-state index is 11.9. The molecule has 0 aromatic heterocycles. The van der Waals surface area contributed by atoms with Gasteiger partial charge in [-0.25, -0.2) is 4.79 Å². The molecule has 1 aromatic carbocycles. The standard InChI is InChI=1S/C15H19NO5/c1-3-4-8-20-11(2)15(19)16-12-6-5-7-13(9-12)21-10-14(17)18/h3,5-7,9,11H,1,4,8,10H2,2H3,(H,16,19)(H,17,18). The minimum atomic E-state index is -1.06. The average molecular weight is 293 g/mol. The van der Waals surface area contributed by atoms with Gasteiger partial charge in [-0.3, -0.25) is 4.79 Å². The van der Waals surface area contributed by atoms with E-state index in [1.165, 1.54) is 0 Å². The summed E-state index contributed by atoms with van der Waals surface area (Å²) >= 11 is 0. The Morgan fingerprint density at radius 2 is 2.24 bits per heavy atom. The van der Waals surface area contributed by atoms with E-state index in [0.29, 0.717) is 24.5 Å². The van der Waals surface area contributed by atoms with E-state index in [1.807, 2.05) is 0 Å². The van der Waals surface area contributed by atoms with Crippen molar-refractivity contribution < 1.29 is 24.2 Å². The van der Waals surface area contributed by atoms with Crippen molar-refractivity contribution in [1.29, 1.82) is 0 Å². The number of anilines is 1. The predicted octanol–water partition coefficient (Wildman–Crippen LogP) is 2.07. The van der Waals surface area contributed by atoms with Crippen molar-refractivity contribution in [1.82, 2.24) is 0 Å². The van der Waals surface area contributed by atoms with Crippen LogP contribution in [0.5, 0.6) is 5.75 Å². The van der Waals surface area contributed by atoms with Gasteiger partial charge in [-0.05, 0) is 25.5 Å². The van der Waals surface area contributed by atoms with Gasteiger partial charge in [-0.2, -0.15) is 0 Å². The summed E-state index contributed by atoms with van der Waals surface area (Å²) in [7, 11) is 0. The Bertz CT molecular complexity index is 501. The van der Waals surface area contributed by atoms with E-state index in [0.717, 1.165) is 0 Å². The van der Waals surface area contributed by atoms with Crippen LogP contribution >= 0.6 is 0 Å². The molecule has 0 spiro atoms. The van der Waals surface area contributed by atoms with Crippen LogP contribution in [0.15, 0.2) is 36.9 Å². The lowest BCUT2D eigenvalue weighted by Crippen LogP contribution is -2.28. The number of ether oxygens (including phenoxy) is 2. The van der Waals surface area contributed by atoms with Crippen molar-refractivity contribution in [2.24, 2.45) is 0 Å². The lowest BCUT2D eigenvalue weighted by atomic mass is 10.2. The first-order valence-corrected chi connectivity index (χ1v) is 6.51. The highest BCUT2D eigenvalue weighted by Crippen LogP contribution is 2.17. The molecule has 0 aliphatic heterocycles. The fourth-order valence-electron chi connectivity index (χ4n) is 1.46. The van der Waals surface area contributed by atoms with Crippen LogP contribution in [0.3, 0.4) is 0 Å². The minimum absolute atomic E-state index is 0.283. The van der Waals surface area contributed by atoms with Crippen molar-refractivity contribution in [3.8, 4) is 5.75 Å². The molecule has 6 heteroatoms. The second kappa shape index (κ2) is 8.76. The maximum absolute atomic E-state index is 11.9. The SMILES string of the molecule is C=CCCOC(C)C(=O)Nc1cccc(OCC(=O)O)c1. The van der Waals surface area contributed by atoms with E-state index in [4.69, 9.17) is 14.6 Å². The number of carbonyl (C=O) groups is 2. The smallest absolute Gasteiger partial charge is 0.341 e. The van der Waals surface area contributed by atoms with Gasteiger partial charge in [0.25, 0.3) is 5.91 Å². The molecule has 1 aromatic rings. The monoisotopic (exact) mass is 293 g/mol. The lowest BCUT2D eigenvalue weighted by molar-refractivity contribution is -0.139. The fraction of sp³-hybridized carbons (Fsp3) is 0.333. The van der Waals surface area contributed by atoms with Gasteiger partial charge < -0.3 is 19.9 Å². The number of hydrogen-bond donors (Lipinski definition) is 2. The summed E-state index contributed by atoms with van der Waals surface area (Å²) in [6, 6.07) is 6.51. The second-order valence-electron chi connectivity index (χ2n) is 4.29. The number of carboxylic acid groups (broad SMARTS) is 1. The highest BCUT2D eigenvalue weighted by Gasteiger charge is 2.13. The van der Waals surface area contributed by atoms with Crippen LogP contribution in [0, 0.1) is 0 Å². The van der Waals surface area contributed by atoms with E-state index < -0.39 is 18.7 Å². The van der Waals surface area contributed by atoms with Gasteiger partial charge in [-0.1, -0.05) is 12.1 Å². The zero-order chi connectivity index (χ0) is 15.7. The van der Waals surface area contributed by atoms with Gasteiger partial charge in [0.15, 0.2) is 6.61 Å². The summed E-state index contributed by atoms with van der Waals surface area (Å²) in [6.45, 7) is 5.23. The molecule has 1 unspecified atom stereocenters. The summed E-state index contributed by atoms with van der Waals surface area (Å²) in [4.78, 5) is 22.3. The van der Waals surface area contributed by atoms with Crippen molar-refractivity contribution in [3.05, 3.63) is 36.9 Å². The molecular weight excluding hydrogens is 274 g/mol. The Hall–Kier alpha value is -2.34. The van der Waals surface area contributed by atoms with E-state index in [1.54, 1.807) is 37.3 Å². The zero-order valence-corrected chi connectivity index (χ0v) is 11.9. The summed E-state index contributed by atoms with van der Waals surface area (Å²) < 4.78 is 10.4.